The number of benzene rings is 1. The number of amides is 1. The van der Waals surface area contributed by atoms with Crippen molar-refractivity contribution in [1.29, 1.82) is 0 Å². The van der Waals surface area contributed by atoms with Crippen molar-refractivity contribution in [3.63, 3.8) is 0 Å². The quantitative estimate of drug-likeness (QED) is 0.528. The van der Waals surface area contributed by atoms with Gasteiger partial charge in [0.2, 0.25) is 5.91 Å². The van der Waals surface area contributed by atoms with E-state index in [2.05, 4.69) is 21.3 Å². The Labute approximate surface area is 150 Å². The molecule has 1 aliphatic rings. The molecule has 0 aliphatic carbocycles. The number of hydrogen-bond acceptors (Lipinski definition) is 5. The van der Waals surface area contributed by atoms with Crippen LogP contribution in [-0.2, 0) is 4.79 Å². The minimum absolute atomic E-state index is 0.0447. The van der Waals surface area contributed by atoms with Crippen molar-refractivity contribution in [2.45, 2.75) is 38.1 Å². The third-order valence-electron chi connectivity index (χ3n) is 4.39. The molecule has 0 radical (unpaired) electrons. The van der Waals surface area contributed by atoms with Crippen LogP contribution in [-0.4, -0.2) is 50.3 Å². The average molecular weight is 348 g/mol. The normalized spacial score (nSPS) is 22.7. The van der Waals surface area contributed by atoms with Crippen molar-refractivity contribution in [1.82, 2.24) is 21.3 Å². The van der Waals surface area contributed by atoms with Crippen molar-refractivity contribution < 1.29 is 9.90 Å². The van der Waals surface area contributed by atoms with E-state index in [-0.39, 0.29) is 17.7 Å². The highest BCUT2D eigenvalue weighted by Gasteiger charge is 2.15. The van der Waals surface area contributed by atoms with E-state index in [1.165, 1.54) is 12.8 Å². The Balaban J connectivity index is 1.92. The van der Waals surface area contributed by atoms with Gasteiger partial charge in [0.25, 0.3) is 0 Å². The van der Waals surface area contributed by atoms with Gasteiger partial charge in [-0.25, -0.2) is 0 Å². The molecule has 0 aromatic heterocycles. The van der Waals surface area contributed by atoms with Crippen molar-refractivity contribution in [3.8, 4) is 5.75 Å². The molecule has 1 saturated heterocycles. The summed E-state index contributed by atoms with van der Waals surface area (Å²) in [7, 11) is 0. The van der Waals surface area contributed by atoms with Gasteiger partial charge in [-0.2, -0.15) is 0 Å². The van der Waals surface area contributed by atoms with Crippen LogP contribution in [0.5, 0.6) is 5.75 Å². The number of nitrogens with one attached hydrogen (secondary N) is 4. The molecular weight excluding hydrogens is 316 g/mol. The smallest absolute Gasteiger partial charge is 0.221 e. The third kappa shape index (κ3) is 8.34. The Morgan fingerprint density at radius 2 is 1.56 bits per heavy atom. The summed E-state index contributed by atoms with van der Waals surface area (Å²) in [6, 6.07) is 7.07. The molecule has 140 valence electrons. The zero-order valence-corrected chi connectivity index (χ0v) is 15.0. The summed E-state index contributed by atoms with van der Waals surface area (Å²) in [5.41, 5.74) is 0.947. The van der Waals surface area contributed by atoms with Crippen molar-refractivity contribution in [2.24, 2.45) is 0 Å². The molecule has 5 N–H and O–H groups in total. The molecule has 2 rings (SSSR count). The highest BCUT2D eigenvalue weighted by molar-refractivity contribution is 5.76. The van der Waals surface area contributed by atoms with Gasteiger partial charge < -0.3 is 26.4 Å². The van der Waals surface area contributed by atoms with Crippen LogP contribution in [0.1, 0.15) is 43.7 Å². The zero-order chi connectivity index (χ0) is 17.7. The first-order valence-corrected chi connectivity index (χ1v) is 9.46. The fourth-order valence-electron chi connectivity index (χ4n) is 2.99. The largest absolute Gasteiger partial charge is 0.508 e. The van der Waals surface area contributed by atoms with Crippen molar-refractivity contribution in [2.75, 3.05) is 39.3 Å². The molecule has 6 nitrogen and oxygen atoms in total. The molecule has 25 heavy (non-hydrogen) atoms. The molecule has 0 saturated carbocycles. The maximum atomic E-state index is 12.3. The zero-order valence-electron chi connectivity index (χ0n) is 15.0. The number of phenolic OH excluding ortho intramolecular Hbond substituents is 1. The Morgan fingerprint density at radius 1 is 0.880 bits per heavy atom. The summed E-state index contributed by atoms with van der Waals surface area (Å²) in [6.07, 6.45) is 4.69. The second-order valence-electron chi connectivity index (χ2n) is 6.57. The first kappa shape index (κ1) is 19.7. The first-order chi connectivity index (χ1) is 12.3. The summed E-state index contributed by atoms with van der Waals surface area (Å²) >= 11 is 0. The lowest BCUT2D eigenvalue weighted by Crippen LogP contribution is -2.33. The molecule has 1 unspecified atom stereocenters. The number of hydrogen-bond donors (Lipinski definition) is 5. The Kier molecular flexibility index (Phi) is 9.33. The van der Waals surface area contributed by atoms with Gasteiger partial charge in [-0.1, -0.05) is 12.1 Å². The number of aromatic hydroxyl groups is 1. The summed E-state index contributed by atoms with van der Waals surface area (Å²) in [5, 5.41) is 23.1. The highest BCUT2D eigenvalue weighted by atomic mass is 16.3. The molecule has 0 bridgehead atoms. The summed E-state index contributed by atoms with van der Waals surface area (Å²) in [5.74, 6) is 0.277. The predicted octanol–water partition coefficient (Wildman–Crippen LogP) is 1.28. The van der Waals surface area contributed by atoms with Gasteiger partial charge >= 0.3 is 0 Å². The van der Waals surface area contributed by atoms with Gasteiger partial charge in [-0.3, -0.25) is 4.79 Å². The molecule has 1 fully saturated rings. The number of carbonyl (C=O) groups excluding carboxylic acids is 1. The van der Waals surface area contributed by atoms with E-state index in [1.54, 1.807) is 12.1 Å². The van der Waals surface area contributed by atoms with Gasteiger partial charge in [0, 0.05) is 19.0 Å². The van der Waals surface area contributed by atoms with E-state index in [9.17, 15) is 9.90 Å². The highest BCUT2D eigenvalue weighted by Crippen LogP contribution is 2.21. The first-order valence-electron chi connectivity index (χ1n) is 9.46. The van der Waals surface area contributed by atoms with E-state index in [0.717, 1.165) is 51.1 Å². The van der Waals surface area contributed by atoms with Crippen LogP contribution in [0.4, 0.5) is 0 Å². The van der Waals surface area contributed by atoms with Crippen LogP contribution in [0.25, 0.3) is 0 Å². The Bertz CT molecular complexity index is 510. The average Bonchev–Trinajstić information content (AvgIpc) is 2.60. The molecule has 0 spiro atoms. The fraction of sp³-hybridized carbons (Fsp3) is 0.632. The SMILES string of the molecule is O=C1CC(c2cccc(O)c2)NCCCNCCCCNCCCN1. The molecule has 1 aromatic rings. The minimum Gasteiger partial charge on any atom is -0.508 e. The van der Waals surface area contributed by atoms with E-state index in [0.29, 0.717) is 13.0 Å². The summed E-state index contributed by atoms with van der Waals surface area (Å²) in [6.45, 7) is 5.53. The van der Waals surface area contributed by atoms with Gasteiger partial charge in [0.1, 0.15) is 5.75 Å². The molecular formula is C19H32N4O2. The molecule has 6 heteroatoms. The second-order valence-corrected chi connectivity index (χ2v) is 6.57. The lowest BCUT2D eigenvalue weighted by molar-refractivity contribution is -0.121. The van der Waals surface area contributed by atoms with E-state index in [1.807, 2.05) is 12.1 Å². The van der Waals surface area contributed by atoms with Crippen LogP contribution in [0.3, 0.4) is 0 Å². The van der Waals surface area contributed by atoms with E-state index >= 15 is 0 Å². The Morgan fingerprint density at radius 3 is 2.28 bits per heavy atom. The monoisotopic (exact) mass is 348 g/mol. The maximum absolute atomic E-state index is 12.3. The molecule has 1 aromatic carbocycles. The number of phenols is 1. The summed E-state index contributed by atoms with van der Waals surface area (Å²) < 4.78 is 0. The molecule has 1 amide bonds. The van der Waals surface area contributed by atoms with Gasteiger partial charge in [-0.05, 0) is 76.1 Å². The van der Waals surface area contributed by atoms with Crippen LogP contribution in [0.15, 0.2) is 24.3 Å². The standard InChI is InChI=1S/C19H32N4O2/c24-17-7-3-6-16(14-17)18-15-19(25)23-13-5-11-21-9-2-1-8-20-10-4-12-22-18/h3,6-7,14,18,20-22,24H,1-2,4-5,8-13,15H2,(H,23,25). The minimum atomic E-state index is -0.0825. The van der Waals surface area contributed by atoms with Crippen LogP contribution in [0.2, 0.25) is 0 Å². The number of rotatable bonds is 1. The summed E-state index contributed by atoms with van der Waals surface area (Å²) in [4.78, 5) is 12.3. The number of carbonyl (C=O) groups is 1. The van der Waals surface area contributed by atoms with Gasteiger partial charge in [0.05, 0.1) is 0 Å². The maximum Gasteiger partial charge on any atom is 0.221 e. The molecule has 1 aliphatic heterocycles. The topological polar surface area (TPSA) is 85.4 Å². The van der Waals surface area contributed by atoms with Gasteiger partial charge in [0.15, 0.2) is 0 Å². The predicted molar refractivity (Wildman–Crippen MR) is 101 cm³/mol. The molecule has 1 heterocycles. The second kappa shape index (κ2) is 11.8. The van der Waals surface area contributed by atoms with E-state index in [4.69, 9.17) is 0 Å². The van der Waals surface area contributed by atoms with Crippen molar-refractivity contribution in [3.05, 3.63) is 29.8 Å². The van der Waals surface area contributed by atoms with E-state index < -0.39 is 0 Å². The van der Waals surface area contributed by atoms with Gasteiger partial charge in [-0.15, -0.1) is 0 Å². The lowest BCUT2D eigenvalue weighted by atomic mass is 10.0. The van der Waals surface area contributed by atoms with Crippen LogP contribution < -0.4 is 21.3 Å². The molecule has 1 atom stereocenters. The van der Waals surface area contributed by atoms with Crippen LogP contribution >= 0.6 is 0 Å². The van der Waals surface area contributed by atoms with Crippen LogP contribution in [0, 0.1) is 0 Å². The third-order valence-corrected chi connectivity index (χ3v) is 4.39. The lowest BCUT2D eigenvalue weighted by Gasteiger charge is -2.19. The fourth-order valence-corrected chi connectivity index (χ4v) is 2.99. The van der Waals surface area contributed by atoms with Crippen molar-refractivity contribution >= 4 is 5.91 Å². The Hall–Kier alpha value is -1.63.